The zero-order valence-corrected chi connectivity index (χ0v) is 15.1. The number of nitrogens with zero attached hydrogens (tertiary/aromatic N) is 2. The van der Waals surface area contributed by atoms with Crippen molar-refractivity contribution in [3.8, 4) is 0 Å². The summed E-state index contributed by atoms with van der Waals surface area (Å²) in [6, 6.07) is 7.25. The number of rotatable bonds is 3. The summed E-state index contributed by atoms with van der Waals surface area (Å²) in [5.74, 6) is -0.0457. The summed E-state index contributed by atoms with van der Waals surface area (Å²) in [4.78, 5) is 13.2. The molecule has 2 bridgehead atoms. The van der Waals surface area contributed by atoms with Crippen LogP contribution >= 0.6 is 0 Å². The van der Waals surface area contributed by atoms with Crippen molar-refractivity contribution in [2.75, 3.05) is 5.32 Å². The number of carbonyl (C=O) groups excluding carboxylic acids is 1. The molecule has 0 saturated heterocycles. The van der Waals surface area contributed by atoms with E-state index in [0.717, 1.165) is 24.1 Å². The molecule has 0 aliphatic heterocycles. The average Bonchev–Trinajstić information content (AvgIpc) is 2.91. The summed E-state index contributed by atoms with van der Waals surface area (Å²) in [5, 5.41) is 28.1. The van der Waals surface area contributed by atoms with E-state index in [0.29, 0.717) is 17.8 Å². The van der Waals surface area contributed by atoms with Crippen LogP contribution < -0.4 is 5.32 Å². The summed E-state index contributed by atoms with van der Waals surface area (Å²) in [5.41, 5.74) is 1.47. The number of anilines is 1. The fraction of sp³-hybridized carbons (Fsp3) is 0.526. The molecule has 2 aliphatic carbocycles. The van der Waals surface area contributed by atoms with Crippen LogP contribution in [0.5, 0.6) is 0 Å². The molecule has 1 amide bonds. The first-order valence-corrected chi connectivity index (χ1v) is 8.54. The van der Waals surface area contributed by atoms with Gasteiger partial charge in [-0.2, -0.15) is 0 Å². The van der Waals surface area contributed by atoms with Gasteiger partial charge in [0.15, 0.2) is 0 Å². The van der Waals surface area contributed by atoms with Gasteiger partial charge in [-0.25, -0.2) is 0 Å². The number of amides is 1. The fourth-order valence-electron chi connectivity index (χ4n) is 4.67. The first kappa shape index (κ1) is 17.5. The van der Waals surface area contributed by atoms with Gasteiger partial charge in [-0.05, 0) is 37.3 Å². The quantitative estimate of drug-likeness (QED) is 0.442. The topological polar surface area (TPSA) is 94.3 Å². The summed E-state index contributed by atoms with van der Waals surface area (Å²) < 4.78 is 0. The Hall–Kier alpha value is -2.37. The molecule has 2 atom stereocenters. The molecule has 0 spiro atoms. The smallest absolute Gasteiger partial charge is 0.231 e. The van der Waals surface area contributed by atoms with Gasteiger partial charge in [0, 0.05) is 23.1 Å². The Bertz CT molecular complexity index is 784. The fourth-order valence-corrected chi connectivity index (χ4v) is 4.67. The standard InChI is InChI=1S/C19H25N3O3/c1-12(21-24)13-6-5-7-14(10-13)20-16(23)19-9-8-18(4,17(19,2)3)15(11-19)22-25/h5-7,10,24-25H,8-9,11H2,1-4H3,(H,20,23). The van der Waals surface area contributed by atoms with Crippen LogP contribution in [0.3, 0.4) is 0 Å². The lowest BCUT2D eigenvalue weighted by Gasteiger charge is -2.39. The van der Waals surface area contributed by atoms with Gasteiger partial charge in [-0.3, -0.25) is 4.79 Å². The second kappa shape index (κ2) is 5.58. The third kappa shape index (κ3) is 2.19. The molecule has 0 radical (unpaired) electrons. The number of hydrogen-bond acceptors (Lipinski definition) is 5. The summed E-state index contributed by atoms with van der Waals surface area (Å²) >= 11 is 0. The number of benzene rings is 1. The number of hydrogen-bond donors (Lipinski definition) is 3. The van der Waals surface area contributed by atoms with E-state index in [9.17, 15) is 10.0 Å². The van der Waals surface area contributed by atoms with Gasteiger partial charge in [-0.1, -0.05) is 43.2 Å². The molecule has 134 valence electrons. The monoisotopic (exact) mass is 343 g/mol. The van der Waals surface area contributed by atoms with Crippen molar-refractivity contribution in [3.05, 3.63) is 29.8 Å². The van der Waals surface area contributed by atoms with Gasteiger partial charge in [0.25, 0.3) is 0 Å². The second-order valence-electron chi connectivity index (χ2n) is 7.98. The van der Waals surface area contributed by atoms with Crippen molar-refractivity contribution in [1.82, 2.24) is 0 Å². The van der Waals surface area contributed by atoms with E-state index in [1.165, 1.54) is 0 Å². The van der Waals surface area contributed by atoms with Gasteiger partial charge < -0.3 is 15.7 Å². The Morgan fingerprint density at radius 2 is 1.92 bits per heavy atom. The minimum atomic E-state index is -0.584. The van der Waals surface area contributed by atoms with E-state index in [1.54, 1.807) is 13.0 Å². The highest BCUT2D eigenvalue weighted by Gasteiger charge is 2.71. The van der Waals surface area contributed by atoms with E-state index in [1.807, 2.05) is 18.2 Å². The van der Waals surface area contributed by atoms with Gasteiger partial charge in [0.2, 0.25) is 5.91 Å². The maximum atomic E-state index is 13.2. The van der Waals surface area contributed by atoms with Gasteiger partial charge in [0.1, 0.15) is 0 Å². The number of nitrogens with one attached hydrogen (secondary N) is 1. The molecule has 2 aliphatic rings. The molecular formula is C19H25N3O3. The van der Waals surface area contributed by atoms with E-state index in [2.05, 4.69) is 36.4 Å². The van der Waals surface area contributed by atoms with Crippen LogP contribution in [0.25, 0.3) is 0 Å². The summed E-state index contributed by atoms with van der Waals surface area (Å²) in [6.07, 6.45) is 2.09. The van der Waals surface area contributed by atoms with Crippen LogP contribution in [0.4, 0.5) is 5.69 Å². The van der Waals surface area contributed by atoms with E-state index in [4.69, 9.17) is 5.21 Å². The molecule has 6 heteroatoms. The van der Waals surface area contributed by atoms with Crippen molar-refractivity contribution in [2.45, 2.75) is 47.0 Å². The van der Waals surface area contributed by atoms with Crippen molar-refractivity contribution >= 4 is 23.0 Å². The number of carbonyl (C=O) groups is 1. The lowest BCUT2D eigenvalue weighted by molar-refractivity contribution is -0.130. The molecule has 2 fully saturated rings. The van der Waals surface area contributed by atoms with Crippen molar-refractivity contribution in [1.29, 1.82) is 0 Å². The molecule has 3 rings (SSSR count). The van der Waals surface area contributed by atoms with E-state index >= 15 is 0 Å². The molecular weight excluding hydrogens is 318 g/mol. The minimum absolute atomic E-state index is 0.0457. The largest absolute Gasteiger partial charge is 0.411 e. The van der Waals surface area contributed by atoms with Gasteiger partial charge >= 0.3 is 0 Å². The highest BCUT2D eigenvalue weighted by Crippen LogP contribution is 2.71. The normalized spacial score (nSPS) is 32.2. The maximum absolute atomic E-state index is 13.2. The lowest BCUT2D eigenvalue weighted by atomic mass is 9.64. The Morgan fingerprint density at radius 1 is 1.20 bits per heavy atom. The lowest BCUT2D eigenvalue weighted by Crippen LogP contribution is -2.43. The van der Waals surface area contributed by atoms with Gasteiger partial charge in [0.05, 0.1) is 16.8 Å². The predicted molar refractivity (Wildman–Crippen MR) is 96.5 cm³/mol. The Kier molecular flexibility index (Phi) is 3.89. The van der Waals surface area contributed by atoms with Crippen LogP contribution in [-0.4, -0.2) is 27.7 Å². The highest BCUT2D eigenvalue weighted by atomic mass is 16.4. The Morgan fingerprint density at radius 3 is 2.52 bits per heavy atom. The van der Waals surface area contributed by atoms with Crippen LogP contribution in [0.2, 0.25) is 0 Å². The maximum Gasteiger partial charge on any atom is 0.231 e. The first-order chi connectivity index (χ1) is 11.7. The third-order valence-electron chi connectivity index (χ3n) is 6.98. The van der Waals surface area contributed by atoms with Crippen LogP contribution in [0.15, 0.2) is 34.6 Å². The predicted octanol–water partition coefficient (Wildman–Crippen LogP) is 3.87. The van der Waals surface area contributed by atoms with Crippen molar-refractivity contribution < 1.29 is 15.2 Å². The van der Waals surface area contributed by atoms with Crippen LogP contribution in [0.1, 0.15) is 52.5 Å². The number of oxime groups is 2. The molecule has 0 aromatic heterocycles. The average molecular weight is 343 g/mol. The first-order valence-electron chi connectivity index (χ1n) is 8.54. The van der Waals surface area contributed by atoms with Crippen LogP contribution in [0, 0.1) is 16.2 Å². The molecule has 1 aromatic carbocycles. The minimum Gasteiger partial charge on any atom is -0.411 e. The molecule has 2 unspecified atom stereocenters. The zero-order valence-electron chi connectivity index (χ0n) is 15.1. The van der Waals surface area contributed by atoms with Crippen molar-refractivity contribution in [2.24, 2.45) is 26.6 Å². The highest BCUT2D eigenvalue weighted by molar-refractivity contribution is 6.07. The molecule has 3 N–H and O–H groups in total. The van der Waals surface area contributed by atoms with Crippen LogP contribution in [-0.2, 0) is 4.79 Å². The molecule has 2 saturated carbocycles. The Labute approximate surface area is 147 Å². The van der Waals surface area contributed by atoms with Gasteiger partial charge in [-0.15, -0.1) is 0 Å². The van der Waals surface area contributed by atoms with Crippen molar-refractivity contribution in [3.63, 3.8) is 0 Å². The van der Waals surface area contributed by atoms with E-state index < -0.39 is 5.41 Å². The zero-order chi connectivity index (χ0) is 18.5. The molecule has 6 nitrogen and oxygen atoms in total. The third-order valence-corrected chi connectivity index (χ3v) is 6.98. The molecule has 0 heterocycles. The number of fused-ring (bicyclic) bond motifs is 2. The second-order valence-corrected chi connectivity index (χ2v) is 7.98. The SMILES string of the molecule is CC(=NO)c1cccc(NC(=O)C23CCC(C)(C(=NO)C2)C3(C)C)c1. The summed E-state index contributed by atoms with van der Waals surface area (Å²) in [6.45, 7) is 7.98. The molecule has 1 aromatic rings. The Balaban J connectivity index is 1.92. The summed E-state index contributed by atoms with van der Waals surface area (Å²) in [7, 11) is 0. The molecule has 25 heavy (non-hydrogen) atoms. The van der Waals surface area contributed by atoms with E-state index in [-0.39, 0.29) is 16.7 Å².